The molecule has 1 aromatic carbocycles. The third-order valence-corrected chi connectivity index (χ3v) is 4.51. The summed E-state index contributed by atoms with van der Waals surface area (Å²) in [6.45, 7) is 7.45. The molecule has 1 aromatic heterocycles. The van der Waals surface area contributed by atoms with E-state index in [1.807, 2.05) is 43.1 Å². The van der Waals surface area contributed by atoms with E-state index in [-0.39, 0.29) is 5.91 Å². The Balaban J connectivity index is 1.73. The molecule has 25 heavy (non-hydrogen) atoms. The van der Waals surface area contributed by atoms with Gasteiger partial charge in [0.1, 0.15) is 17.5 Å². The van der Waals surface area contributed by atoms with Crippen molar-refractivity contribution in [2.75, 3.05) is 43.0 Å². The number of aromatic nitrogens is 2. The molecule has 0 N–H and O–H groups in total. The van der Waals surface area contributed by atoms with E-state index in [0.29, 0.717) is 0 Å². The molecule has 132 valence electrons. The van der Waals surface area contributed by atoms with Crippen LogP contribution in [0.15, 0.2) is 36.4 Å². The lowest BCUT2D eigenvalue weighted by Crippen LogP contribution is -2.48. The molecule has 1 aliphatic heterocycles. The molecule has 0 radical (unpaired) electrons. The minimum atomic E-state index is 0.141. The largest absolute Gasteiger partial charge is 0.355 e. The average Bonchev–Trinajstić information content (AvgIpc) is 2.62. The maximum Gasteiger partial charge on any atom is 0.219 e. The van der Waals surface area contributed by atoms with Gasteiger partial charge in [0.25, 0.3) is 0 Å². The van der Waals surface area contributed by atoms with Gasteiger partial charge in [-0.05, 0) is 12.5 Å². The first-order valence-electron chi connectivity index (χ1n) is 8.64. The summed E-state index contributed by atoms with van der Waals surface area (Å²) < 4.78 is 0. The number of hydrogen-bond donors (Lipinski definition) is 0. The van der Waals surface area contributed by atoms with Crippen LogP contribution in [-0.2, 0) is 11.3 Å². The van der Waals surface area contributed by atoms with Gasteiger partial charge in [-0.25, -0.2) is 9.97 Å². The number of hydrogen-bond acceptors (Lipinski definition) is 5. The van der Waals surface area contributed by atoms with E-state index in [9.17, 15) is 4.79 Å². The highest BCUT2D eigenvalue weighted by Crippen LogP contribution is 2.21. The van der Waals surface area contributed by atoms with Gasteiger partial charge >= 0.3 is 0 Å². The van der Waals surface area contributed by atoms with Crippen LogP contribution in [0.5, 0.6) is 0 Å². The highest BCUT2D eigenvalue weighted by molar-refractivity contribution is 5.73. The first-order valence-corrected chi connectivity index (χ1v) is 8.64. The van der Waals surface area contributed by atoms with Crippen LogP contribution < -0.4 is 9.80 Å². The molecule has 2 heterocycles. The van der Waals surface area contributed by atoms with Crippen molar-refractivity contribution in [3.8, 4) is 0 Å². The van der Waals surface area contributed by atoms with Crippen LogP contribution >= 0.6 is 0 Å². The Labute approximate surface area is 149 Å². The van der Waals surface area contributed by atoms with Crippen molar-refractivity contribution in [2.24, 2.45) is 0 Å². The van der Waals surface area contributed by atoms with Crippen LogP contribution in [-0.4, -0.2) is 54.0 Å². The number of nitrogens with zero attached hydrogens (tertiary/aromatic N) is 5. The fraction of sp³-hybridized carbons (Fsp3) is 0.421. The van der Waals surface area contributed by atoms with E-state index in [1.54, 1.807) is 6.92 Å². The maximum atomic E-state index is 11.5. The fourth-order valence-electron chi connectivity index (χ4n) is 3.08. The van der Waals surface area contributed by atoms with Gasteiger partial charge in [0.15, 0.2) is 0 Å². The van der Waals surface area contributed by atoms with Gasteiger partial charge in [0.05, 0.1) is 0 Å². The smallest absolute Gasteiger partial charge is 0.219 e. The Morgan fingerprint density at radius 3 is 2.44 bits per heavy atom. The second-order valence-electron chi connectivity index (χ2n) is 6.47. The summed E-state index contributed by atoms with van der Waals surface area (Å²) in [6, 6.07) is 12.4. The minimum absolute atomic E-state index is 0.141. The Hall–Kier alpha value is -2.63. The normalized spacial score (nSPS) is 14.5. The van der Waals surface area contributed by atoms with Gasteiger partial charge in [-0.15, -0.1) is 0 Å². The van der Waals surface area contributed by atoms with E-state index in [4.69, 9.17) is 0 Å². The molecule has 2 aromatic rings. The van der Waals surface area contributed by atoms with Crippen molar-refractivity contribution in [1.82, 2.24) is 14.9 Å². The van der Waals surface area contributed by atoms with E-state index < -0.39 is 0 Å². The number of rotatable bonds is 4. The number of anilines is 2. The zero-order valence-corrected chi connectivity index (χ0v) is 15.1. The van der Waals surface area contributed by atoms with Crippen molar-refractivity contribution in [3.05, 3.63) is 47.8 Å². The summed E-state index contributed by atoms with van der Waals surface area (Å²) in [5.74, 6) is 2.76. The molecule has 0 aliphatic carbocycles. The molecule has 0 saturated carbocycles. The third-order valence-electron chi connectivity index (χ3n) is 4.51. The minimum Gasteiger partial charge on any atom is -0.355 e. The van der Waals surface area contributed by atoms with Crippen molar-refractivity contribution >= 4 is 17.5 Å². The number of amides is 1. The molecule has 0 atom stereocenters. The Kier molecular flexibility index (Phi) is 5.16. The molecule has 6 nitrogen and oxygen atoms in total. The van der Waals surface area contributed by atoms with E-state index >= 15 is 0 Å². The second-order valence-corrected chi connectivity index (χ2v) is 6.47. The maximum absolute atomic E-state index is 11.5. The van der Waals surface area contributed by atoms with Gasteiger partial charge in [0, 0.05) is 52.8 Å². The topological polar surface area (TPSA) is 52.6 Å². The van der Waals surface area contributed by atoms with Gasteiger partial charge in [-0.3, -0.25) is 4.79 Å². The summed E-state index contributed by atoms with van der Waals surface area (Å²) in [6.07, 6.45) is 0. The highest BCUT2D eigenvalue weighted by Gasteiger charge is 2.20. The fourth-order valence-corrected chi connectivity index (χ4v) is 3.08. The molecule has 1 saturated heterocycles. The Morgan fingerprint density at radius 2 is 1.80 bits per heavy atom. The number of carbonyl (C=O) groups excluding carboxylic acids is 1. The summed E-state index contributed by atoms with van der Waals surface area (Å²) in [5, 5.41) is 0. The lowest BCUT2D eigenvalue weighted by Gasteiger charge is -2.35. The lowest BCUT2D eigenvalue weighted by molar-refractivity contribution is -0.129. The van der Waals surface area contributed by atoms with Crippen molar-refractivity contribution in [1.29, 1.82) is 0 Å². The van der Waals surface area contributed by atoms with Crippen LogP contribution in [0.2, 0.25) is 0 Å². The highest BCUT2D eigenvalue weighted by atomic mass is 16.2. The van der Waals surface area contributed by atoms with E-state index in [0.717, 1.165) is 50.2 Å². The molecule has 1 aliphatic rings. The van der Waals surface area contributed by atoms with Gasteiger partial charge in [-0.1, -0.05) is 30.3 Å². The van der Waals surface area contributed by atoms with Gasteiger partial charge in [-0.2, -0.15) is 0 Å². The Morgan fingerprint density at radius 1 is 1.12 bits per heavy atom. The molecular formula is C19H25N5O. The first kappa shape index (κ1) is 17.2. The molecule has 1 amide bonds. The lowest BCUT2D eigenvalue weighted by atomic mass is 10.2. The summed E-state index contributed by atoms with van der Waals surface area (Å²) >= 11 is 0. The summed E-state index contributed by atoms with van der Waals surface area (Å²) in [7, 11) is 2.05. The SMILES string of the molecule is CC(=O)N1CCN(c2cc(N(C)Cc3ccccc3)nc(C)n2)CC1. The summed E-state index contributed by atoms with van der Waals surface area (Å²) in [4.78, 5) is 26.9. The van der Waals surface area contributed by atoms with Crippen LogP contribution in [0.25, 0.3) is 0 Å². The van der Waals surface area contributed by atoms with Gasteiger partial charge in [0.2, 0.25) is 5.91 Å². The second kappa shape index (κ2) is 7.51. The van der Waals surface area contributed by atoms with Crippen molar-refractivity contribution in [3.63, 3.8) is 0 Å². The predicted molar refractivity (Wildman–Crippen MR) is 99.8 cm³/mol. The molecule has 1 fully saturated rings. The number of piperazine rings is 1. The molecular weight excluding hydrogens is 314 g/mol. The summed E-state index contributed by atoms with van der Waals surface area (Å²) in [5.41, 5.74) is 1.25. The molecule has 0 unspecified atom stereocenters. The Bertz CT molecular complexity index is 726. The molecule has 3 rings (SSSR count). The van der Waals surface area contributed by atoms with E-state index in [1.165, 1.54) is 5.56 Å². The predicted octanol–water partition coefficient (Wildman–Crippen LogP) is 2.09. The molecule has 6 heteroatoms. The third kappa shape index (κ3) is 4.26. The van der Waals surface area contributed by atoms with Crippen LogP contribution in [0.1, 0.15) is 18.3 Å². The molecule has 0 spiro atoms. The van der Waals surface area contributed by atoms with Gasteiger partial charge < -0.3 is 14.7 Å². The standard InChI is InChI=1S/C19H25N5O/c1-15-20-18(22(3)14-17-7-5-4-6-8-17)13-19(21-15)24-11-9-23(10-12-24)16(2)25/h4-8,13H,9-12,14H2,1-3H3. The van der Waals surface area contributed by atoms with Crippen molar-refractivity contribution < 1.29 is 4.79 Å². The van der Waals surface area contributed by atoms with Crippen LogP contribution in [0.3, 0.4) is 0 Å². The molecule has 0 bridgehead atoms. The quantitative estimate of drug-likeness (QED) is 0.854. The zero-order valence-electron chi connectivity index (χ0n) is 15.1. The monoisotopic (exact) mass is 339 g/mol. The number of carbonyl (C=O) groups is 1. The van der Waals surface area contributed by atoms with Crippen molar-refractivity contribution in [2.45, 2.75) is 20.4 Å². The van der Waals surface area contributed by atoms with E-state index in [2.05, 4.69) is 31.9 Å². The van der Waals surface area contributed by atoms with Crippen LogP contribution in [0.4, 0.5) is 11.6 Å². The zero-order chi connectivity index (χ0) is 17.8. The number of benzene rings is 1. The van der Waals surface area contributed by atoms with Crippen LogP contribution in [0, 0.1) is 6.92 Å². The number of aryl methyl sites for hydroxylation is 1. The average molecular weight is 339 g/mol. The first-order chi connectivity index (χ1) is 12.0.